The number of hydrogen-bond acceptors (Lipinski definition) is 2. The summed E-state index contributed by atoms with van der Waals surface area (Å²) in [6.07, 6.45) is 6.49. The van der Waals surface area contributed by atoms with Crippen LogP contribution in [0.3, 0.4) is 0 Å². The number of aryl methyl sites for hydroxylation is 1. The summed E-state index contributed by atoms with van der Waals surface area (Å²) in [4.78, 5) is 0. The molecule has 0 spiro atoms. The Morgan fingerprint density at radius 1 is 1.04 bits per heavy atom. The summed E-state index contributed by atoms with van der Waals surface area (Å²) in [6.45, 7) is 3.91. The third kappa shape index (κ3) is 3.33. The van der Waals surface area contributed by atoms with E-state index in [4.69, 9.17) is 9.47 Å². The lowest BCUT2D eigenvalue weighted by atomic mass is 9.70. The van der Waals surface area contributed by atoms with Crippen molar-refractivity contribution in [3.05, 3.63) is 71.8 Å². The lowest BCUT2D eigenvalue weighted by Crippen LogP contribution is -2.19. The van der Waals surface area contributed by atoms with Crippen molar-refractivity contribution in [3.63, 3.8) is 0 Å². The zero-order valence-corrected chi connectivity index (χ0v) is 14.6. The summed E-state index contributed by atoms with van der Waals surface area (Å²) in [5, 5.41) is 0. The maximum absolute atomic E-state index is 5.40. The number of fused-ring (bicyclic) bond motifs is 1. The van der Waals surface area contributed by atoms with Gasteiger partial charge in [-0.2, -0.15) is 0 Å². The van der Waals surface area contributed by atoms with Crippen LogP contribution >= 0.6 is 0 Å². The third-order valence-electron chi connectivity index (χ3n) is 5.19. The molecule has 0 N–H and O–H groups in total. The normalized spacial score (nSPS) is 19.4. The minimum atomic E-state index is 0.533. The molecule has 0 saturated heterocycles. The number of methoxy groups -OCH3 is 2. The molecule has 0 aliphatic heterocycles. The first-order valence-corrected chi connectivity index (χ1v) is 8.68. The monoisotopic (exact) mass is 322 g/mol. The molecule has 2 nitrogen and oxygen atoms in total. The maximum Gasteiger partial charge on any atom is 0.119 e. The van der Waals surface area contributed by atoms with Crippen molar-refractivity contribution in [2.45, 2.75) is 37.5 Å². The van der Waals surface area contributed by atoms with Gasteiger partial charge in [0.05, 0.1) is 14.2 Å². The molecular formula is C22H26O2. The fourth-order valence-electron chi connectivity index (χ4n) is 3.92. The van der Waals surface area contributed by atoms with Crippen molar-refractivity contribution >= 4 is 0 Å². The van der Waals surface area contributed by atoms with Crippen molar-refractivity contribution in [1.82, 2.24) is 0 Å². The first-order valence-electron chi connectivity index (χ1n) is 8.68. The van der Waals surface area contributed by atoms with Crippen LogP contribution in [-0.2, 0) is 6.42 Å². The van der Waals surface area contributed by atoms with E-state index in [9.17, 15) is 0 Å². The van der Waals surface area contributed by atoms with E-state index in [1.165, 1.54) is 23.1 Å². The summed E-state index contributed by atoms with van der Waals surface area (Å²) in [7, 11) is 3.45. The summed E-state index contributed by atoms with van der Waals surface area (Å²) in [5.74, 6) is 2.96. The highest BCUT2D eigenvalue weighted by atomic mass is 16.5. The van der Waals surface area contributed by atoms with Gasteiger partial charge in [0.1, 0.15) is 11.5 Å². The van der Waals surface area contributed by atoms with E-state index in [1.54, 1.807) is 14.2 Å². The summed E-state index contributed by atoms with van der Waals surface area (Å²) >= 11 is 0. The molecule has 1 aliphatic rings. The van der Waals surface area contributed by atoms with Gasteiger partial charge in [0.25, 0.3) is 0 Å². The van der Waals surface area contributed by atoms with Crippen LogP contribution in [0.2, 0.25) is 0 Å². The van der Waals surface area contributed by atoms with Gasteiger partial charge < -0.3 is 9.47 Å². The van der Waals surface area contributed by atoms with Crippen LogP contribution in [0.4, 0.5) is 0 Å². The maximum atomic E-state index is 5.40. The molecule has 2 heteroatoms. The molecule has 0 bridgehead atoms. The van der Waals surface area contributed by atoms with Crippen LogP contribution in [-0.4, -0.2) is 14.2 Å². The Labute approximate surface area is 145 Å². The highest BCUT2D eigenvalue weighted by molar-refractivity contribution is 5.43. The Kier molecular flexibility index (Phi) is 5.24. The Bertz CT molecular complexity index is 688. The Hall–Kier alpha value is -2.22. The number of benzene rings is 2. The van der Waals surface area contributed by atoms with Gasteiger partial charge >= 0.3 is 0 Å². The minimum absolute atomic E-state index is 0.533. The van der Waals surface area contributed by atoms with E-state index in [0.717, 1.165) is 30.8 Å². The largest absolute Gasteiger partial charge is 0.497 e. The zero-order valence-electron chi connectivity index (χ0n) is 14.6. The molecule has 0 heterocycles. The van der Waals surface area contributed by atoms with Gasteiger partial charge in [0.15, 0.2) is 0 Å². The quantitative estimate of drug-likeness (QED) is 0.655. The van der Waals surface area contributed by atoms with Gasteiger partial charge in [-0.15, -0.1) is 6.58 Å². The van der Waals surface area contributed by atoms with Crippen molar-refractivity contribution in [2.75, 3.05) is 14.2 Å². The molecule has 0 aromatic heterocycles. The predicted molar refractivity (Wildman–Crippen MR) is 99.2 cm³/mol. The van der Waals surface area contributed by atoms with Crippen LogP contribution in [0.25, 0.3) is 0 Å². The molecule has 1 aliphatic carbocycles. The van der Waals surface area contributed by atoms with E-state index in [-0.39, 0.29) is 0 Å². The molecule has 126 valence electrons. The highest BCUT2D eigenvalue weighted by Crippen LogP contribution is 2.45. The van der Waals surface area contributed by atoms with Gasteiger partial charge in [0, 0.05) is 0 Å². The molecule has 0 amide bonds. The Morgan fingerprint density at radius 2 is 1.75 bits per heavy atom. The van der Waals surface area contributed by atoms with Gasteiger partial charge in [0.2, 0.25) is 0 Å². The van der Waals surface area contributed by atoms with E-state index >= 15 is 0 Å². The van der Waals surface area contributed by atoms with E-state index in [1.807, 2.05) is 6.08 Å². The molecule has 0 fully saturated rings. The van der Waals surface area contributed by atoms with Crippen molar-refractivity contribution in [3.8, 4) is 11.5 Å². The van der Waals surface area contributed by atoms with E-state index < -0.39 is 0 Å². The van der Waals surface area contributed by atoms with Crippen LogP contribution < -0.4 is 9.47 Å². The van der Waals surface area contributed by atoms with Gasteiger partial charge in [-0.25, -0.2) is 0 Å². The topological polar surface area (TPSA) is 18.5 Å². The van der Waals surface area contributed by atoms with E-state index in [0.29, 0.717) is 11.8 Å². The van der Waals surface area contributed by atoms with Crippen molar-refractivity contribution in [2.24, 2.45) is 0 Å². The van der Waals surface area contributed by atoms with Crippen LogP contribution in [0, 0.1) is 0 Å². The van der Waals surface area contributed by atoms with Crippen LogP contribution in [0.5, 0.6) is 11.5 Å². The lowest BCUT2D eigenvalue weighted by Gasteiger charge is -2.34. The first kappa shape index (κ1) is 16.6. The standard InChI is InChI=1S/C22H26O2/c1-4-5-6-22-20(16-7-10-18(23-2)11-8-16)13-9-17-15-19(24-3)12-14-21(17)22/h4,7-8,10-12,14-15,20,22H,1,5-6,9,13H2,2-3H3. The van der Waals surface area contributed by atoms with Crippen molar-refractivity contribution < 1.29 is 9.47 Å². The lowest BCUT2D eigenvalue weighted by molar-refractivity contribution is 0.408. The van der Waals surface area contributed by atoms with Gasteiger partial charge in [-0.05, 0) is 78.5 Å². The fourth-order valence-corrected chi connectivity index (χ4v) is 3.92. The first-order chi connectivity index (χ1) is 11.8. The molecular weight excluding hydrogens is 296 g/mol. The molecule has 0 radical (unpaired) electrons. The molecule has 2 aromatic carbocycles. The Morgan fingerprint density at radius 3 is 2.42 bits per heavy atom. The van der Waals surface area contributed by atoms with Crippen LogP contribution in [0.15, 0.2) is 55.1 Å². The number of rotatable bonds is 6. The number of allylic oxidation sites excluding steroid dienone is 1. The average Bonchev–Trinajstić information content (AvgIpc) is 2.65. The van der Waals surface area contributed by atoms with Crippen molar-refractivity contribution in [1.29, 1.82) is 0 Å². The number of hydrogen-bond donors (Lipinski definition) is 0. The predicted octanol–water partition coefficient (Wildman–Crippen LogP) is 5.48. The summed E-state index contributed by atoms with van der Waals surface area (Å²) in [6, 6.07) is 15.2. The SMILES string of the molecule is C=CCCC1c2ccc(OC)cc2CCC1c1ccc(OC)cc1. The van der Waals surface area contributed by atoms with E-state index in [2.05, 4.69) is 49.0 Å². The van der Waals surface area contributed by atoms with Gasteiger partial charge in [-0.1, -0.05) is 24.3 Å². The summed E-state index contributed by atoms with van der Waals surface area (Å²) < 4.78 is 10.7. The zero-order chi connectivity index (χ0) is 16.9. The molecule has 3 rings (SSSR count). The summed E-state index contributed by atoms with van der Waals surface area (Å²) in [5.41, 5.74) is 4.32. The fraction of sp³-hybridized carbons (Fsp3) is 0.364. The second-order valence-electron chi connectivity index (χ2n) is 6.46. The van der Waals surface area contributed by atoms with Gasteiger partial charge in [-0.3, -0.25) is 0 Å². The van der Waals surface area contributed by atoms with Crippen LogP contribution in [0.1, 0.15) is 47.8 Å². The smallest absolute Gasteiger partial charge is 0.119 e. The minimum Gasteiger partial charge on any atom is -0.497 e. The molecule has 24 heavy (non-hydrogen) atoms. The molecule has 2 aromatic rings. The average molecular weight is 322 g/mol. The number of ether oxygens (including phenoxy) is 2. The Balaban J connectivity index is 1.94. The highest BCUT2D eigenvalue weighted by Gasteiger charge is 2.30. The molecule has 2 unspecified atom stereocenters. The molecule has 2 atom stereocenters. The second-order valence-corrected chi connectivity index (χ2v) is 6.46. The molecule has 0 saturated carbocycles. The third-order valence-corrected chi connectivity index (χ3v) is 5.19. The second kappa shape index (κ2) is 7.57.